The first-order chi connectivity index (χ1) is 6.74. The Bertz CT molecular complexity index is 421. The maximum absolute atomic E-state index is 5.58. The van der Waals surface area contributed by atoms with Gasteiger partial charge in [-0.25, -0.2) is 4.98 Å². The van der Waals surface area contributed by atoms with Crippen LogP contribution in [0.3, 0.4) is 0 Å². The topological polar surface area (TPSA) is 56.7 Å². The maximum atomic E-state index is 5.58. The van der Waals surface area contributed by atoms with E-state index in [4.69, 9.17) is 5.73 Å². The summed E-state index contributed by atoms with van der Waals surface area (Å²) in [6, 6.07) is 7.64. The minimum absolute atomic E-state index is 0.747. The van der Waals surface area contributed by atoms with Gasteiger partial charge in [-0.3, -0.25) is 4.68 Å². The van der Waals surface area contributed by atoms with Crippen LogP contribution in [-0.4, -0.2) is 14.8 Å². The number of benzene rings is 1. The molecule has 1 aromatic heterocycles. The van der Waals surface area contributed by atoms with Gasteiger partial charge < -0.3 is 5.73 Å². The van der Waals surface area contributed by atoms with E-state index in [0.29, 0.717) is 0 Å². The summed E-state index contributed by atoms with van der Waals surface area (Å²) in [5, 5.41) is 4.91. The molecule has 14 heavy (non-hydrogen) atoms. The van der Waals surface area contributed by atoms with E-state index in [1.165, 1.54) is 11.8 Å². The molecular formula is C9H10N4S. The van der Waals surface area contributed by atoms with Crippen LogP contribution in [0.25, 0.3) is 0 Å². The largest absolute Gasteiger partial charge is 0.399 e. The molecule has 0 atom stereocenters. The summed E-state index contributed by atoms with van der Waals surface area (Å²) < 4.78 is 1.68. The number of rotatable bonds is 2. The van der Waals surface area contributed by atoms with Gasteiger partial charge in [-0.2, -0.15) is 0 Å². The normalized spacial score (nSPS) is 10.4. The van der Waals surface area contributed by atoms with Crippen LogP contribution in [0.2, 0.25) is 0 Å². The molecule has 0 spiro atoms. The fourth-order valence-corrected chi connectivity index (χ4v) is 1.76. The van der Waals surface area contributed by atoms with Crippen LogP contribution in [0, 0.1) is 0 Å². The van der Waals surface area contributed by atoms with E-state index < -0.39 is 0 Å². The molecule has 0 bridgehead atoms. The summed E-state index contributed by atoms with van der Waals surface area (Å²) >= 11 is 1.52. The Morgan fingerprint density at radius 3 is 2.57 bits per heavy atom. The number of aryl methyl sites for hydroxylation is 1. The monoisotopic (exact) mass is 206 g/mol. The standard InChI is InChI=1S/C9H10N4S/c1-13-6-11-9(12-13)14-8-4-2-7(10)3-5-8/h2-6H,10H2,1H3. The van der Waals surface area contributed by atoms with E-state index in [1.54, 1.807) is 11.0 Å². The summed E-state index contributed by atoms with van der Waals surface area (Å²) in [5.74, 6) is 0. The van der Waals surface area contributed by atoms with Crippen molar-refractivity contribution in [2.75, 3.05) is 5.73 Å². The highest BCUT2D eigenvalue weighted by Crippen LogP contribution is 2.24. The fourth-order valence-electron chi connectivity index (χ4n) is 1.01. The molecule has 1 aromatic carbocycles. The summed E-state index contributed by atoms with van der Waals surface area (Å²) in [6.45, 7) is 0. The second kappa shape index (κ2) is 3.71. The van der Waals surface area contributed by atoms with Gasteiger partial charge in [0.15, 0.2) is 0 Å². The molecule has 0 saturated carbocycles. The molecule has 0 fully saturated rings. The average molecular weight is 206 g/mol. The quantitative estimate of drug-likeness (QED) is 0.757. The second-order valence-electron chi connectivity index (χ2n) is 2.87. The van der Waals surface area contributed by atoms with Crippen molar-refractivity contribution in [1.29, 1.82) is 0 Å². The predicted octanol–water partition coefficient (Wildman–Crippen LogP) is 1.55. The molecule has 72 valence electrons. The van der Waals surface area contributed by atoms with Gasteiger partial charge in [-0.1, -0.05) is 0 Å². The molecule has 0 radical (unpaired) electrons. The van der Waals surface area contributed by atoms with E-state index in [0.717, 1.165) is 15.7 Å². The van der Waals surface area contributed by atoms with Crippen LogP contribution >= 0.6 is 11.8 Å². The van der Waals surface area contributed by atoms with Gasteiger partial charge in [0.05, 0.1) is 0 Å². The second-order valence-corrected chi connectivity index (χ2v) is 3.91. The molecule has 2 rings (SSSR count). The van der Waals surface area contributed by atoms with Crippen LogP contribution in [0.5, 0.6) is 0 Å². The van der Waals surface area contributed by atoms with Gasteiger partial charge in [-0.15, -0.1) is 5.10 Å². The Labute approximate surface area is 86.1 Å². The third-order valence-electron chi connectivity index (χ3n) is 1.67. The highest BCUT2D eigenvalue weighted by molar-refractivity contribution is 7.99. The first-order valence-corrected chi connectivity index (χ1v) is 4.95. The van der Waals surface area contributed by atoms with Crippen molar-refractivity contribution in [2.45, 2.75) is 10.1 Å². The molecule has 0 amide bonds. The summed E-state index contributed by atoms with van der Waals surface area (Å²) in [4.78, 5) is 5.21. The summed E-state index contributed by atoms with van der Waals surface area (Å²) in [6.07, 6.45) is 1.68. The Balaban J connectivity index is 2.15. The van der Waals surface area contributed by atoms with Crippen molar-refractivity contribution in [2.24, 2.45) is 7.05 Å². The smallest absolute Gasteiger partial charge is 0.213 e. The first-order valence-electron chi connectivity index (χ1n) is 4.13. The third kappa shape index (κ3) is 2.05. The zero-order valence-corrected chi connectivity index (χ0v) is 8.53. The number of aromatic nitrogens is 3. The lowest BCUT2D eigenvalue weighted by Crippen LogP contribution is -1.86. The zero-order valence-electron chi connectivity index (χ0n) is 7.71. The molecule has 4 nitrogen and oxygen atoms in total. The molecule has 0 aliphatic rings. The lowest BCUT2D eigenvalue weighted by molar-refractivity contribution is 0.738. The highest BCUT2D eigenvalue weighted by atomic mass is 32.2. The Kier molecular flexibility index (Phi) is 2.41. The van der Waals surface area contributed by atoms with E-state index in [1.807, 2.05) is 31.3 Å². The van der Waals surface area contributed by atoms with Crippen LogP contribution in [0.4, 0.5) is 5.69 Å². The van der Waals surface area contributed by atoms with Crippen LogP contribution in [-0.2, 0) is 7.05 Å². The number of nitrogens with two attached hydrogens (primary N) is 1. The van der Waals surface area contributed by atoms with E-state index in [2.05, 4.69) is 10.1 Å². The van der Waals surface area contributed by atoms with Crippen molar-refractivity contribution in [1.82, 2.24) is 14.8 Å². The van der Waals surface area contributed by atoms with Gasteiger partial charge in [0, 0.05) is 17.6 Å². The zero-order chi connectivity index (χ0) is 9.97. The van der Waals surface area contributed by atoms with Gasteiger partial charge in [0.25, 0.3) is 0 Å². The number of nitrogen functional groups attached to an aromatic ring is 1. The minimum atomic E-state index is 0.747. The molecule has 5 heteroatoms. The molecule has 0 unspecified atom stereocenters. The molecule has 0 aliphatic carbocycles. The Morgan fingerprint density at radius 2 is 2.00 bits per heavy atom. The van der Waals surface area contributed by atoms with E-state index in [9.17, 15) is 0 Å². The molecule has 2 aromatic rings. The van der Waals surface area contributed by atoms with Gasteiger partial charge in [0.1, 0.15) is 6.33 Å². The molecule has 2 N–H and O–H groups in total. The fraction of sp³-hybridized carbons (Fsp3) is 0.111. The number of anilines is 1. The SMILES string of the molecule is Cn1cnc(Sc2ccc(N)cc2)n1. The summed E-state index contributed by atoms with van der Waals surface area (Å²) in [7, 11) is 1.85. The Morgan fingerprint density at radius 1 is 1.29 bits per heavy atom. The van der Waals surface area contributed by atoms with Crippen LogP contribution in [0.15, 0.2) is 40.6 Å². The van der Waals surface area contributed by atoms with Gasteiger partial charge >= 0.3 is 0 Å². The molecular weight excluding hydrogens is 196 g/mol. The summed E-state index contributed by atoms with van der Waals surface area (Å²) in [5.41, 5.74) is 6.35. The lowest BCUT2D eigenvalue weighted by atomic mass is 10.3. The first kappa shape index (κ1) is 9.08. The number of nitrogens with zero attached hydrogens (tertiary/aromatic N) is 3. The van der Waals surface area contributed by atoms with Crippen molar-refractivity contribution in [3.05, 3.63) is 30.6 Å². The maximum Gasteiger partial charge on any atom is 0.213 e. The van der Waals surface area contributed by atoms with Crippen LogP contribution in [0.1, 0.15) is 0 Å². The number of hydrogen-bond acceptors (Lipinski definition) is 4. The minimum Gasteiger partial charge on any atom is -0.399 e. The highest BCUT2D eigenvalue weighted by Gasteiger charge is 2.00. The van der Waals surface area contributed by atoms with Gasteiger partial charge in [-0.05, 0) is 36.0 Å². The average Bonchev–Trinajstić information content (AvgIpc) is 2.56. The molecule has 1 heterocycles. The van der Waals surface area contributed by atoms with Crippen molar-refractivity contribution < 1.29 is 0 Å². The van der Waals surface area contributed by atoms with Crippen molar-refractivity contribution >= 4 is 17.4 Å². The molecule has 0 aliphatic heterocycles. The lowest BCUT2D eigenvalue weighted by Gasteiger charge is -1.96. The third-order valence-corrected chi connectivity index (χ3v) is 2.55. The van der Waals surface area contributed by atoms with Crippen molar-refractivity contribution in [3.8, 4) is 0 Å². The van der Waals surface area contributed by atoms with Gasteiger partial charge in [0.2, 0.25) is 5.16 Å². The van der Waals surface area contributed by atoms with Crippen molar-refractivity contribution in [3.63, 3.8) is 0 Å². The predicted molar refractivity (Wildman–Crippen MR) is 56.0 cm³/mol. The van der Waals surface area contributed by atoms with E-state index in [-0.39, 0.29) is 0 Å². The number of hydrogen-bond donors (Lipinski definition) is 1. The molecule has 0 saturated heterocycles. The van der Waals surface area contributed by atoms with E-state index >= 15 is 0 Å². The van der Waals surface area contributed by atoms with Crippen LogP contribution < -0.4 is 5.73 Å². The Hall–Kier alpha value is -1.49.